The second-order valence-corrected chi connectivity index (χ2v) is 15.3. The molecular formula is C47H31N3O6S. The van der Waals surface area contributed by atoms with Gasteiger partial charge >= 0.3 is 0 Å². The molecule has 276 valence electrons. The van der Waals surface area contributed by atoms with Crippen LogP contribution in [0, 0.1) is 13.8 Å². The summed E-state index contributed by atoms with van der Waals surface area (Å²) < 4.78 is 0.00878. The number of benzene rings is 8. The molecule has 8 aromatic carbocycles. The van der Waals surface area contributed by atoms with E-state index >= 15 is 0 Å². The third-order valence-corrected chi connectivity index (χ3v) is 11.8. The topological polar surface area (TPSA) is 160 Å². The molecule has 57 heavy (non-hydrogen) atoms. The van der Waals surface area contributed by atoms with Gasteiger partial charge in [-0.3, -0.25) is 0 Å². The van der Waals surface area contributed by atoms with Crippen LogP contribution in [0.5, 0.6) is 34.5 Å². The first-order valence-corrected chi connectivity index (χ1v) is 18.9. The van der Waals surface area contributed by atoms with E-state index in [1.807, 2.05) is 74.5 Å². The van der Waals surface area contributed by atoms with Crippen LogP contribution in [0.3, 0.4) is 0 Å². The molecule has 0 radical (unpaired) electrons. The van der Waals surface area contributed by atoms with Crippen LogP contribution in [0.1, 0.15) is 11.1 Å². The monoisotopic (exact) mass is 765 g/mol. The van der Waals surface area contributed by atoms with Crippen LogP contribution in [0.15, 0.2) is 115 Å². The molecule has 0 fully saturated rings. The van der Waals surface area contributed by atoms with Crippen molar-refractivity contribution >= 4 is 63.8 Å². The number of fused-ring (bicyclic) bond motifs is 9. The number of phenolic OH excluding ortho intramolecular Hbond substituents is 6. The Morgan fingerprint density at radius 2 is 0.860 bits per heavy atom. The number of thiophene rings is 1. The van der Waals surface area contributed by atoms with Crippen LogP contribution in [0.25, 0.3) is 97.8 Å². The summed E-state index contributed by atoms with van der Waals surface area (Å²) in [4.78, 5) is 14.5. The van der Waals surface area contributed by atoms with E-state index in [0.717, 1.165) is 54.8 Å². The fraction of sp³-hybridized carbons (Fsp3) is 0.0426. The smallest absolute Gasteiger partial charge is 0.176 e. The fourth-order valence-corrected chi connectivity index (χ4v) is 9.33. The minimum atomic E-state index is -0.743. The van der Waals surface area contributed by atoms with Gasteiger partial charge in [-0.1, -0.05) is 108 Å². The van der Waals surface area contributed by atoms with E-state index < -0.39 is 34.5 Å². The number of hydrogen-bond acceptors (Lipinski definition) is 10. The molecule has 0 aliphatic rings. The minimum absolute atomic E-state index is 0.00925. The van der Waals surface area contributed by atoms with E-state index in [0.29, 0.717) is 16.7 Å². The normalized spacial score (nSPS) is 11.8. The summed E-state index contributed by atoms with van der Waals surface area (Å²) >= 11 is 0.825. The lowest BCUT2D eigenvalue weighted by atomic mass is 9.93. The lowest BCUT2D eigenvalue weighted by molar-refractivity contribution is 0.403. The Morgan fingerprint density at radius 1 is 0.368 bits per heavy atom. The van der Waals surface area contributed by atoms with Gasteiger partial charge in [0.05, 0.1) is 25.7 Å². The maximum atomic E-state index is 12.0. The molecule has 10 heteroatoms. The molecule has 0 unspecified atom stereocenters. The van der Waals surface area contributed by atoms with Gasteiger partial charge in [0.25, 0.3) is 0 Å². The lowest BCUT2D eigenvalue weighted by Gasteiger charge is -2.14. The van der Waals surface area contributed by atoms with Crippen molar-refractivity contribution in [3.63, 3.8) is 0 Å². The van der Waals surface area contributed by atoms with Crippen molar-refractivity contribution in [3.05, 3.63) is 126 Å². The lowest BCUT2D eigenvalue weighted by Crippen LogP contribution is -2.01. The van der Waals surface area contributed by atoms with Crippen molar-refractivity contribution in [2.75, 3.05) is 0 Å². The third-order valence-electron chi connectivity index (χ3n) is 10.6. The largest absolute Gasteiger partial charge is 0.506 e. The van der Waals surface area contributed by atoms with Crippen LogP contribution < -0.4 is 0 Å². The predicted molar refractivity (Wildman–Crippen MR) is 226 cm³/mol. The number of aromatic hydroxyl groups is 6. The van der Waals surface area contributed by atoms with Gasteiger partial charge < -0.3 is 30.6 Å². The maximum Gasteiger partial charge on any atom is 0.176 e. The van der Waals surface area contributed by atoms with Crippen LogP contribution in [-0.2, 0) is 0 Å². The Bertz CT molecular complexity index is 3290. The van der Waals surface area contributed by atoms with Crippen LogP contribution in [0.4, 0.5) is 0 Å². The number of aryl methyl sites for hydroxylation is 2. The van der Waals surface area contributed by atoms with Crippen molar-refractivity contribution in [1.82, 2.24) is 15.0 Å². The number of rotatable bonds is 4. The highest BCUT2D eigenvalue weighted by atomic mass is 32.1. The van der Waals surface area contributed by atoms with Crippen molar-refractivity contribution < 1.29 is 30.6 Å². The number of hydrogen-bond donors (Lipinski definition) is 6. The highest BCUT2D eigenvalue weighted by Crippen LogP contribution is 2.60. The van der Waals surface area contributed by atoms with E-state index in [4.69, 9.17) is 15.0 Å². The molecule has 0 saturated heterocycles. The summed E-state index contributed by atoms with van der Waals surface area (Å²) in [5.41, 5.74) is 3.35. The van der Waals surface area contributed by atoms with Gasteiger partial charge in [0.15, 0.2) is 40.5 Å². The van der Waals surface area contributed by atoms with Crippen LogP contribution in [-0.4, -0.2) is 45.6 Å². The molecule has 6 N–H and O–H groups in total. The molecule has 0 aliphatic heterocycles. The molecule has 2 aromatic heterocycles. The minimum Gasteiger partial charge on any atom is -0.506 e. The molecule has 9 nitrogen and oxygen atoms in total. The highest BCUT2D eigenvalue weighted by molar-refractivity contribution is 7.26. The van der Waals surface area contributed by atoms with Gasteiger partial charge in [0.2, 0.25) is 0 Å². The third kappa shape index (κ3) is 5.11. The zero-order valence-corrected chi connectivity index (χ0v) is 31.2. The second kappa shape index (κ2) is 12.6. The van der Waals surface area contributed by atoms with Gasteiger partial charge in [-0.05, 0) is 69.9 Å². The van der Waals surface area contributed by atoms with Crippen LogP contribution >= 0.6 is 11.3 Å². The Hall–Kier alpha value is -7.43. The molecule has 2 heterocycles. The first kappa shape index (κ1) is 34.1. The maximum absolute atomic E-state index is 12.0. The zero-order valence-electron chi connectivity index (χ0n) is 30.4. The average molecular weight is 766 g/mol. The van der Waals surface area contributed by atoms with Gasteiger partial charge in [-0.2, -0.15) is 0 Å². The first-order valence-electron chi connectivity index (χ1n) is 18.1. The van der Waals surface area contributed by atoms with E-state index in [9.17, 15) is 30.6 Å². The Morgan fingerprint density at radius 3 is 1.49 bits per heavy atom. The molecule has 0 atom stereocenters. The van der Waals surface area contributed by atoms with Gasteiger partial charge in [-0.25, -0.2) is 15.0 Å². The van der Waals surface area contributed by atoms with Gasteiger partial charge in [0.1, 0.15) is 17.1 Å². The highest BCUT2D eigenvalue weighted by Gasteiger charge is 2.31. The standard InChI is InChI=1S/C47H31N3O6S/c1-22-18-23(2)20-26(19-22)46-48-45(25-16-17-31-29-14-7-6-12-27(29)28-13-8-9-15-30(28)32(31)21-25)49-47(50-46)36-40(54)39(53)35-34-37(51)33(24-10-4-3-5-11-24)38(52)42(56)44(34)57-43(35)41(36)55/h3-21,51-56H,1-2H3. The molecular weight excluding hydrogens is 735 g/mol. The SMILES string of the molecule is Cc1cc(C)cc(-c2nc(-c3ccc4c5ccccc5c5ccccc5c4c3)nc(-c3c(O)c(O)c4c(sc5c(O)c(O)c(-c6ccccc6)c(O)c54)c3O)n2)c1. The molecule has 0 aliphatic carbocycles. The van der Waals surface area contributed by atoms with E-state index in [-0.39, 0.29) is 48.8 Å². The Balaban J connectivity index is 1.25. The van der Waals surface area contributed by atoms with E-state index in [1.54, 1.807) is 30.3 Å². The fourth-order valence-electron chi connectivity index (χ4n) is 8.13. The number of nitrogens with zero attached hydrogens (tertiary/aromatic N) is 3. The molecule has 10 aromatic rings. The summed E-state index contributed by atoms with van der Waals surface area (Å²) in [6, 6.07) is 36.9. The van der Waals surface area contributed by atoms with E-state index in [1.165, 1.54) is 0 Å². The molecule has 10 rings (SSSR count). The van der Waals surface area contributed by atoms with Crippen molar-refractivity contribution in [3.8, 4) is 79.8 Å². The van der Waals surface area contributed by atoms with Crippen molar-refractivity contribution in [2.45, 2.75) is 13.8 Å². The second-order valence-electron chi connectivity index (χ2n) is 14.3. The average Bonchev–Trinajstić information content (AvgIpc) is 3.64. The van der Waals surface area contributed by atoms with Crippen molar-refractivity contribution in [2.24, 2.45) is 0 Å². The molecule has 0 spiro atoms. The summed E-state index contributed by atoms with van der Waals surface area (Å²) in [5.74, 6) is -3.09. The zero-order chi connectivity index (χ0) is 39.3. The first-order chi connectivity index (χ1) is 27.6. The Labute approximate surface area is 328 Å². The molecule has 0 amide bonds. The summed E-state index contributed by atoms with van der Waals surface area (Å²) in [6.07, 6.45) is 0. The number of aromatic nitrogens is 3. The molecule has 0 saturated carbocycles. The summed E-state index contributed by atoms with van der Waals surface area (Å²) in [6.45, 7) is 3.93. The van der Waals surface area contributed by atoms with Gasteiger partial charge in [-0.15, -0.1) is 11.3 Å². The molecule has 0 bridgehead atoms. The summed E-state index contributed by atoms with van der Waals surface area (Å²) in [7, 11) is 0. The quantitative estimate of drug-likeness (QED) is 0.0582. The number of phenols is 6. The Kier molecular flexibility index (Phi) is 7.51. The van der Waals surface area contributed by atoms with Crippen LogP contribution in [0.2, 0.25) is 0 Å². The summed E-state index contributed by atoms with van der Waals surface area (Å²) in [5, 5.41) is 75.7. The van der Waals surface area contributed by atoms with Gasteiger partial charge in [0, 0.05) is 11.1 Å². The van der Waals surface area contributed by atoms with Crippen molar-refractivity contribution in [1.29, 1.82) is 0 Å². The van der Waals surface area contributed by atoms with E-state index in [2.05, 4.69) is 24.3 Å². The predicted octanol–water partition coefficient (Wildman–Crippen LogP) is 11.2.